The molecule has 0 N–H and O–H groups in total. The minimum Gasteiger partial charge on any atom is -0.444 e. The third-order valence-electron chi connectivity index (χ3n) is 3.54. The Labute approximate surface area is 132 Å². The van der Waals surface area contributed by atoms with Crippen LogP contribution in [0.5, 0.6) is 0 Å². The fourth-order valence-electron chi connectivity index (χ4n) is 2.64. The standard InChI is InChI=1S/C13H18F3NO5S/c1-12(2,3)21-11(18)17-5-4-8-6-9(7-10(8)17)22-23(19,20)13(14,15)16/h6,8,10H,4-5,7H2,1-3H3. The monoisotopic (exact) mass is 357 g/mol. The van der Waals surface area contributed by atoms with Gasteiger partial charge in [0.25, 0.3) is 0 Å². The molecule has 0 radical (unpaired) electrons. The molecule has 1 amide bonds. The van der Waals surface area contributed by atoms with Crippen molar-refractivity contribution in [3.63, 3.8) is 0 Å². The van der Waals surface area contributed by atoms with Crippen LogP contribution in [0.4, 0.5) is 18.0 Å². The molecule has 1 saturated heterocycles. The van der Waals surface area contributed by atoms with Gasteiger partial charge in [-0.25, -0.2) is 4.79 Å². The Kier molecular flexibility index (Phi) is 4.33. The van der Waals surface area contributed by atoms with Crippen LogP contribution in [0, 0.1) is 5.92 Å². The molecule has 1 heterocycles. The third kappa shape index (κ3) is 3.91. The summed E-state index contributed by atoms with van der Waals surface area (Å²) in [6.07, 6.45) is 1.21. The van der Waals surface area contributed by atoms with Crippen molar-refractivity contribution < 1.29 is 35.3 Å². The van der Waals surface area contributed by atoms with Gasteiger partial charge in [0, 0.05) is 24.9 Å². The Morgan fingerprint density at radius 3 is 2.43 bits per heavy atom. The topological polar surface area (TPSA) is 72.9 Å². The molecule has 1 aliphatic heterocycles. The molecular weight excluding hydrogens is 339 g/mol. The van der Waals surface area contributed by atoms with Crippen LogP contribution >= 0.6 is 0 Å². The Balaban J connectivity index is 2.04. The Hall–Kier alpha value is -1.45. The van der Waals surface area contributed by atoms with E-state index in [1.165, 1.54) is 11.0 Å². The number of alkyl halides is 3. The van der Waals surface area contributed by atoms with Crippen LogP contribution in [0.2, 0.25) is 0 Å². The predicted octanol–water partition coefficient (Wildman–Crippen LogP) is 2.77. The number of carbonyl (C=O) groups excluding carboxylic acids is 1. The highest BCUT2D eigenvalue weighted by molar-refractivity contribution is 7.87. The molecule has 0 aromatic heterocycles. The zero-order chi connectivity index (χ0) is 17.6. The van der Waals surface area contributed by atoms with Gasteiger partial charge in [-0.05, 0) is 33.3 Å². The number of likely N-dealkylation sites (tertiary alicyclic amines) is 1. The average molecular weight is 357 g/mol. The second-order valence-corrected chi connectivity index (χ2v) is 8.05. The Morgan fingerprint density at radius 2 is 1.91 bits per heavy atom. The summed E-state index contributed by atoms with van der Waals surface area (Å²) >= 11 is 0. The summed E-state index contributed by atoms with van der Waals surface area (Å²) in [4.78, 5) is 13.5. The van der Waals surface area contributed by atoms with Gasteiger partial charge in [-0.3, -0.25) is 0 Å². The molecule has 0 aromatic carbocycles. The number of hydrogen-bond acceptors (Lipinski definition) is 5. The number of fused-ring (bicyclic) bond motifs is 1. The molecule has 0 bridgehead atoms. The predicted molar refractivity (Wildman–Crippen MR) is 73.6 cm³/mol. The number of halogens is 3. The Morgan fingerprint density at radius 1 is 1.30 bits per heavy atom. The molecule has 2 aliphatic rings. The minimum absolute atomic E-state index is 0.0841. The van der Waals surface area contributed by atoms with Crippen LogP contribution in [0.1, 0.15) is 33.6 Å². The van der Waals surface area contributed by atoms with E-state index in [0.717, 1.165) is 0 Å². The molecule has 0 spiro atoms. The van der Waals surface area contributed by atoms with Crippen LogP contribution in [0.25, 0.3) is 0 Å². The van der Waals surface area contributed by atoms with E-state index in [0.29, 0.717) is 13.0 Å². The van der Waals surface area contributed by atoms with Gasteiger partial charge in [-0.1, -0.05) is 0 Å². The number of ether oxygens (including phenoxy) is 1. The first-order valence-corrected chi connectivity index (χ1v) is 8.42. The number of nitrogens with zero attached hydrogens (tertiary/aromatic N) is 1. The molecule has 23 heavy (non-hydrogen) atoms. The van der Waals surface area contributed by atoms with Gasteiger partial charge in [0.1, 0.15) is 11.4 Å². The molecule has 10 heteroatoms. The summed E-state index contributed by atoms with van der Waals surface area (Å²) in [7, 11) is -5.68. The lowest BCUT2D eigenvalue weighted by Gasteiger charge is -2.28. The van der Waals surface area contributed by atoms with E-state index in [2.05, 4.69) is 4.18 Å². The molecule has 1 aliphatic carbocycles. The van der Waals surface area contributed by atoms with Crippen molar-refractivity contribution in [3.8, 4) is 0 Å². The number of amides is 1. The average Bonchev–Trinajstić information content (AvgIpc) is 2.82. The number of hydrogen-bond donors (Lipinski definition) is 0. The first-order chi connectivity index (χ1) is 10.3. The Bertz CT molecular complexity index is 621. The highest BCUT2D eigenvalue weighted by atomic mass is 32.2. The molecule has 0 aromatic rings. The molecule has 1 fully saturated rings. The van der Waals surface area contributed by atoms with Crippen molar-refractivity contribution >= 4 is 16.2 Å². The molecular formula is C13H18F3NO5S. The summed E-state index contributed by atoms with van der Waals surface area (Å²) in [5, 5.41) is 0. The van der Waals surface area contributed by atoms with Crippen LogP contribution in [-0.4, -0.2) is 43.1 Å². The summed E-state index contributed by atoms with van der Waals surface area (Å²) in [6, 6.07) is -0.441. The van der Waals surface area contributed by atoms with Crippen molar-refractivity contribution in [3.05, 3.63) is 11.8 Å². The maximum absolute atomic E-state index is 12.3. The van der Waals surface area contributed by atoms with Gasteiger partial charge in [0.05, 0.1) is 0 Å². The lowest BCUT2D eigenvalue weighted by molar-refractivity contribution is -0.0524. The van der Waals surface area contributed by atoms with Gasteiger partial charge in [-0.15, -0.1) is 0 Å². The summed E-state index contributed by atoms with van der Waals surface area (Å²) < 4.78 is 68.5. The maximum atomic E-state index is 12.3. The summed E-state index contributed by atoms with van der Waals surface area (Å²) in [6.45, 7) is 5.52. The van der Waals surface area contributed by atoms with Crippen molar-refractivity contribution in [1.82, 2.24) is 4.90 Å². The summed E-state index contributed by atoms with van der Waals surface area (Å²) in [5.41, 5.74) is -6.17. The smallest absolute Gasteiger partial charge is 0.444 e. The van der Waals surface area contributed by atoms with Crippen LogP contribution in [0.15, 0.2) is 11.8 Å². The zero-order valence-electron chi connectivity index (χ0n) is 12.9. The second-order valence-electron chi connectivity index (χ2n) is 6.51. The second kappa shape index (κ2) is 5.57. The van der Waals surface area contributed by atoms with Crippen molar-refractivity contribution in [2.75, 3.05) is 6.54 Å². The molecule has 2 rings (SSSR count). The van der Waals surface area contributed by atoms with Gasteiger partial charge in [-0.2, -0.15) is 21.6 Å². The lowest BCUT2D eigenvalue weighted by Crippen LogP contribution is -2.40. The fourth-order valence-corrected chi connectivity index (χ4v) is 3.14. The van der Waals surface area contributed by atoms with E-state index in [1.807, 2.05) is 0 Å². The van der Waals surface area contributed by atoms with Crippen LogP contribution in [0.3, 0.4) is 0 Å². The summed E-state index contributed by atoms with van der Waals surface area (Å²) in [5.74, 6) is -0.522. The molecule has 2 atom stereocenters. The zero-order valence-corrected chi connectivity index (χ0v) is 13.7. The van der Waals surface area contributed by atoms with Crippen molar-refractivity contribution in [1.29, 1.82) is 0 Å². The molecule has 132 valence electrons. The van der Waals surface area contributed by atoms with Gasteiger partial charge < -0.3 is 13.8 Å². The maximum Gasteiger partial charge on any atom is 0.534 e. The van der Waals surface area contributed by atoms with Gasteiger partial charge in [0.2, 0.25) is 0 Å². The van der Waals surface area contributed by atoms with Crippen LogP contribution in [-0.2, 0) is 19.0 Å². The highest BCUT2D eigenvalue weighted by Crippen LogP contribution is 2.39. The van der Waals surface area contributed by atoms with E-state index in [4.69, 9.17) is 4.74 Å². The lowest BCUT2D eigenvalue weighted by atomic mass is 10.1. The minimum atomic E-state index is -5.68. The first kappa shape index (κ1) is 17.9. The largest absolute Gasteiger partial charge is 0.534 e. The molecule has 6 nitrogen and oxygen atoms in total. The van der Waals surface area contributed by atoms with E-state index < -0.39 is 33.4 Å². The normalized spacial score (nSPS) is 25.1. The molecule has 0 saturated carbocycles. The van der Waals surface area contributed by atoms with Crippen molar-refractivity contribution in [2.45, 2.75) is 50.8 Å². The van der Waals surface area contributed by atoms with E-state index >= 15 is 0 Å². The fraction of sp³-hybridized carbons (Fsp3) is 0.769. The van der Waals surface area contributed by atoms with E-state index in [-0.39, 0.29) is 18.1 Å². The van der Waals surface area contributed by atoms with E-state index in [9.17, 15) is 26.4 Å². The van der Waals surface area contributed by atoms with Gasteiger partial charge >= 0.3 is 21.7 Å². The first-order valence-electron chi connectivity index (χ1n) is 7.01. The highest BCUT2D eigenvalue weighted by Gasteiger charge is 2.50. The van der Waals surface area contributed by atoms with Gasteiger partial charge in [0.15, 0.2) is 0 Å². The molecule has 2 unspecified atom stereocenters. The quantitative estimate of drug-likeness (QED) is 0.561. The third-order valence-corrected chi connectivity index (χ3v) is 4.54. The number of carbonyl (C=O) groups is 1. The van der Waals surface area contributed by atoms with Crippen molar-refractivity contribution in [2.24, 2.45) is 5.92 Å². The SMILES string of the molecule is CC(C)(C)OC(=O)N1CCC2C=C(OS(=O)(=O)C(F)(F)F)CC21. The number of rotatable bonds is 2. The van der Waals surface area contributed by atoms with E-state index in [1.54, 1.807) is 20.8 Å². The van der Waals surface area contributed by atoms with Crippen LogP contribution < -0.4 is 0 Å².